The third-order valence-electron chi connectivity index (χ3n) is 4.05. The molecule has 1 aromatic carbocycles. The van der Waals surface area contributed by atoms with Crippen LogP contribution in [-0.2, 0) is 10.0 Å². The van der Waals surface area contributed by atoms with Crippen molar-refractivity contribution in [3.05, 3.63) is 23.8 Å². The van der Waals surface area contributed by atoms with Crippen molar-refractivity contribution in [1.82, 2.24) is 4.72 Å². The van der Waals surface area contributed by atoms with Crippen LogP contribution in [0.15, 0.2) is 23.1 Å². The number of nitriles is 1. The van der Waals surface area contributed by atoms with Crippen molar-refractivity contribution in [2.24, 2.45) is 5.73 Å². The number of methoxy groups -OCH3 is 1. The molecule has 0 amide bonds. The van der Waals surface area contributed by atoms with Crippen molar-refractivity contribution >= 4 is 22.4 Å². The molecule has 0 aliphatic heterocycles. The van der Waals surface area contributed by atoms with Gasteiger partial charge in [-0.3, -0.25) is 0 Å². The minimum Gasteiger partial charge on any atom is -0.495 e. The number of sulfonamides is 1. The van der Waals surface area contributed by atoms with E-state index in [9.17, 15) is 8.42 Å². The summed E-state index contributed by atoms with van der Waals surface area (Å²) in [6.07, 6.45) is 4.84. The number of nitrogens with one attached hydrogen (secondary N) is 1. The molecule has 128 valence electrons. The second kappa shape index (κ2) is 7.97. The number of ether oxygens (including phenoxy) is 1. The van der Waals surface area contributed by atoms with E-state index in [0.29, 0.717) is 5.56 Å². The van der Waals surface area contributed by atoms with Crippen molar-refractivity contribution in [3.63, 3.8) is 0 Å². The topological polar surface area (TPSA) is 105 Å². The lowest BCUT2D eigenvalue weighted by Crippen LogP contribution is -2.51. The van der Waals surface area contributed by atoms with Crippen LogP contribution in [0.1, 0.15) is 37.7 Å². The first-order chi connectivity index (χ1) is 10.4. The molecule has 1 fully saturated rings. The molecule has 3 N–H and O–H groups in total. The Morgan fingerprint density at radius 1 is 1.35 bits per heavy atom. The summed E-state index contributed by atoms with van der Waals surface area (Å²) < 4.78 is 32.6. The second-order valence-corrected chi connectivity index (χ2v) is 7.46. The molecule has 0 unspecified atom stereocenters. The van der Waals surface area contributed by atoms with E-state index in [1.54, 1.807) is 0 Å². The molecule has 0 spiro atoms. The molecule has 0 radical (unpaired) electrons. The summed E-state index contributed by atoms with van der Waals surface area (Å²) in [6, 6.07) is 6.20. The second-order valence-electron chi connectivity index (χ2n) is 5.73. The lowest BCUT2D eigenvalue weighted by Gasteiger charge is -2.33. The monoisotopic (exact) mass is 359 g/mol. The van der Waals surface area contributed by atoms with Crippen molar-refractivity contribution in [1.29, 1.82) is 5.26 Å². The molecule has 1 aromatic rings. The van der Waals surface area contributed by atoms with E-state index in [0.717, 1.165) is 32.1 Å². The Bertz CT molecular complexity index is 680. The zero-order valence-electron chi connectivity index (χ0n) is 13.0. The number of nitrogens with zero attached hydrogens (tertiary/aromatic N) is 1. The Morgan fingerprint density at radius 3 is 2.57 bits per heavy atom. The fourth-order valence-electron chi connectivity index (χ4n) is 2.71. The smallest absolute Gasteiger partial charge is 0.244 e. The van der Waals surface area contributed by atoms with Gasteiger partial charge in [0.1, 0.15) is 10.6 Å². The van der Waals surface area contributed by atoms with Gasteiger partial charge in [0.25, 0.3) is 0 Å². The molecule has 1 saturated carbocycles. The molecule has 0 atom stereocenters. The lowest BCUT2D eigenvalue weighted by molar-refractivity contribution is 0.296. The molecule has 6 nitrogen and oxygen atoms in total. The molecule has 0 heterocycles. The standard InChI is InChI=1S/C15H21N3O3S.ClH/c1-21-13-9-12(10-16)5-6-14(13)22(19,20)18-11-15(17)7-3-2-4-8-15;/h5-6,9,18H,2-4,7-8,11,17H2,1H3;1H. The third kappa shape index (κ3) is 4.82. The highest BCUT2D eigenvalue weighted by atomic mass is 35.5. The Balaban J connectivity index is 0.00000264. The van der Waals surface area contributed by atoms with E-state index in [2.05, 4.69) is 4.72 Å². The van der Waals surface area contributed by atoms with E-state index >= 15 is 0 Å². The summed E-state index contributed by atoms with van der Waals surface area (Å²) in [5.41, 5.74) is 6.12. The zero-order chi connectivity index (χ0) is 16.2. The first kappa shape index (κ1) is 19.7. The average Bonchev–Trinajstić information content (AvgIpc) is 2.53. The van der Waals surface area contributed by atoms with E-state index in [1.165, 1.54) is 25.3 Å². The van der Waals surface area contributed by atoms with Gasteiger partial charge in [-0.05, 0) is 31.0 Å². The summed E-state index contributed by atoms with van der Waals surface area (Å²) in [6.45, 7) is 0.207. The Kier molecular flexibility index (Phi) is 6.84. The minimum absolute atomic E-state index is 0. The molecule has 0 bridgehead atoms. The Hall–Kier alpha value is -1.33. The van der Waals surface area contributed by atoms with Gasteiger partial charge < -0.3 is 10.5 Å². The Labute approximate surface area is 143 Å². The number of rotatable bonds is 5. The molecule has 2 rings (SSSR count). The van der Waals surface area contributed by atoms with Gasteiger partial charge in [0.15, 0.2) is 0 Å². The normalized spacial score (nSPS) is 16.9. The molecule has 1 aliphatic carbocycles. The first-order valence-electron chi connectivity index (χ1n) is 7.27. The number of hydrogen-bond acceptors (Lipinski definition) is 5. The number of hydrogen-bond donors (Lipinski definition) is 2. The summed E-state index contributed by atoms with van der Waals surface area (Å²) in [4.78, 5) is 0.0217. The first-order valence-corrected chi connectivity index (χ1v) is 8.75. The third-order valence-corrected chi connectivity index (χ3v) is 5.49. The van der Waals surface area contributed by atoms with Crippen LogP contribution in [0.25, 0.3) is 0 Å². The number of nitrogens with two attached hydrogens (primary N) is 1. The van der Waals surface area contributed by atoms with E-state index in [-0.39, 0.29) is 29.6 Å². The van der Waals surface area contributed by atoms with Gasteiger partial charge in [0, 0.05) is 12.1 Å². The molecule has 23 heavy (non-hydrogen) atoms. The summed E-state index contributed by atoms with van der Waals surface area (Å²) >= 11 is 0. The molecule has 8 heteroatoms. The van der Waals surface area contributed by atoms with Gasteiger partial charge >= 0.3 is 0 Å². The fraction of sp³-hybridized carbons (Fsp3) is 0.533. The Morgan fingerprint density at radius 2 is 2.00 bits per heavy atom. The van der Waals surface area contributed by atoms with Crippen LogP contribution >= 0.6 is 12.4 Å². The van der Waals surface area contributed by atoms with Crippen LogP contribution in [0.4, 0.5) is 0 Å². The van der Waals surface area contributed by atoms with Gasteiger partial charge in [-0.1, -0.05) is 19.3 Å². The van der Waals surface area contributed by atoms with Crippen LogP contribution in [0.5, 0.6) is 5.75 Å². The van der Waals surface area contributed by atoms with Gasteiger partial charge in [-0.2, -0.15) is 5.26 Å². The SMILES string of the molecule is COc1cc(C#N)ccc1S(=O)(=O)NCC1(N)CCCCC1.Cl. The van der Waals surface area contributed by atoms with Gasteiger partial charge in [-0.15, -0.1) is 12.4 Å². The fourth-order valence-corrected chi connectivity index (χ4v) is 4.00. The average molecular weight is 360 g/mol. The highest BCUT2D eigenvalue weighted by Crippen LogP contribution is 2.27. The molecular weight excluding hydrogens is 338 g/mol. The molecular formula is C15H22ClN3O3S. The van der Waals surface area contributed by atoms with Crippen LogP contribution < -0.4 is 15.2 Å². The highest BCUT2D eigenvalue weighted by molar-refractivity contribution is 7.89. The molecule has 0 saturated heterocycles. The summed E-state index contributed by atoms with van der Waals surface area (Å²) in [5.74, 6) is 0.154. The van der Waals surface area contributed by atoms with Crippen molar-refractivity contribution in [2.45, 2.75) is 42.5 Å². The summed E-state index contributed by atoms with van der Waals surface area (Å²) in [7, 11) is -2.35. The van der Waals surface area contributed by atoms with Crippen LogP contribution in [0.3, 0.4) is 0 Å². The van der Waals surface area contributed by atoms with Crippen molar-refractivity contribution < 1.29 is 13.2 Å². The minimum atomic E-state index is -3.73. The number of halogens is 1. The van der Waals surface area contributed by atoms with E-state index < -0.39 is 15.6 Å². The van der Waals surface area contributed by atoms with Crippen LogP contribution in [0, 0.1) is 11.3 Å². The van der Waals surface area contributed by atoms with Gasteiger partial charge in [0.05, 0.1) is 18.7 Å². The van der Waals surface area contributed by atoms with Crippen molar-refractivity contribution in [3.8, 4) is 11.8 Å². The molecule has 1 aliphatic rings. The predicted octanol–water partition coefficient (Wildman–Crippen LogP) is 1.93. The zero-order valence-corrected chi connectivity index (χ0v) is 14.7. The van der Waals surface area contributed by atoms with E-state index in [4.69, 9.17) is 15.7 Å². The maximum atomic E-state index is 12.5. The van der Waals surface area contributed by atoms with Crippen LogP contribution in [0.2, 0.25) is 0 Å². The summed E-state index contributed by atoms with van der Waals surface area (Å²) in [5, 5.41) is 8.87. The lowest BCUT2D eigenvalue weighted by atomic mass is 9.83. The van der Waals surface area contributed by atoms with Crippen LogP contribution in [-0.4, -0.2) is 27.6 Å². The predicted molar refractivity (Wildman–Crippen MR) is 90.1 cm³/mol. The largest absolute Gasteiger partial charge is 0.495 e. The molecule has 0 aromatic heterocycles. The van der Waals surface area contributed by atoms with Gasteiger partial charge in [0.2, 0.25) is 10.0 Å². The maximum absolute atomic E-state index is 12.5. The van der Waals surface area contributed by atoms with Crippen molar-refractivity contribution in [2.75, 3.05) is 13.7 Å². The van der Waals surface area contributed by atoms with Gasteiger partial charge in [-0.25, -0.2) is 13.1 Å². The maximum Gasteiger partial charge on any atom is 0.244 e. The van der Waals surface area contributed by atoms with E-state index in [1.807, 2.05) is 6.07 Å². The quantitative estimate of drug-likeness (QED) is 0.835. The number of benzene rings is 1. The highest BCUT2D eigenvalue weighted by Gasteiger charge is 2.30.